The van der Waals surface area contributed by atoms with E-state index in [0.29, 0.717) is 12.0 Å². The molecule has 7 rings (SSSR count). The summed E-state index contributed by atoms with van der Waals surface area (Å²) in [5, 5.41) is 5.51. The molecule has 3 heterocycles. The molecule has 1 aliphatic heterocycles. The molecule has 0 aromatic carbocycles. The summed E-state index contributed by atoms with van der Waals surface area (Å²) in [7, 11) is 1.96. The lowest BCUT2D eigenvalue weighted by Gasteiger charge is -2.59. The molecular weight excluding hydrogens is 418 g/mol. The molecule has 1 saturated heterocycles. The van der Waals surface area contributed by atoms with Crippen LogP contribution >= 0.6 is 11.3 Å². The Hall–Kier alpha value is -1.82. The van der Waals surface area contributed by atoms with Crippen LogP contribution in [0.15, 0.2) is 17.5 Å². The van der Waals surface area contributed by atoms with Crippen LogP contribution in [0.25, 0.3) is 10.2 Å². The SMILES string of the molecule is C[C@H](NC(=O)[C@@H]1CCCN(C(=O)c2cc3sccc3n2C)C1)C12CC3CC(CC(C3)C1)C2. The molecule has 4 bridgehead atoms. The molecule has 5 nitrogen and oxygen atoms in total. The minimum Gasteiger partial charge on any atom is -0.353 e. The number of hydrogen-bond acceptors (Lipinski definition) is 3. The Morgan fingerprint density at radius 2 is 1.84 bits per heavy atom. The van der Waals surface area contributed by atoms with Crippen molar-refractivity contribution in [2.75, 3.05) is 13.1 Å². The molecule has 4 aliphatic carbocycles. The smallest absolute Gasteiger partial charge is 0.270 e. The summed E-state index contributed by atoms with van der Waals surface area (Å²) in [5.41, 5.74) is 2.16. The molecule has 5 aliphatic rings. The number of nitrogens with zero attached hydrogens (tertiary/aromatic N) is 2. The highest BCUT2D eigenvalue weighted by molar-refractivity contribution is 7.17. The van der Waals surface area contributed by atoms with Gasteiger partial charge in [-0.25, -0.2) is 0 Å². The van der Waals surface area contributed by atoms with E-state index in [0.717, 1.165) is 53.1 Å². The summed E-state index contributed by atoms with van der Waals surface area (Å²) >= 11 is 1.67. The molecule has 1 N–H and O–H groups in total. The van der Waals surface area contributed by atoms with Gasteiger partial charge in [-0.2, -0.15) is 0 Å². The molecule has 32 heavy (non-hydrogen) atoms. The van der Waals surface area contributed by atoms with Gasteiger partial charge in [-0.1, -0.05) is 0 Å². The van der Waals surface area contributed by atoms with Gasteiger partial charge in [-0.05, 0) is 99.0 Å². The van der Waals surface area contributed by atoms with Gasteiger partial charge >= 0.3 is 0 Å². The molecule has 2 aromatic rings. The van der Waals surface area contributed by atoms with Crippen molar-refractivity contribution in [1.29, 1.82) is 0 Å². The number of fused-ring (bicyclic) bond motifs is 1. The second kappa shape index (κ2) is 7.61. The van der Waals surface area contributed by atoms with Crippen molar-refractivity contribution < 1.29 is 9.59 Å². The molecule has 0 unspecified atom stereocenters. The first-order valence-electron chi connectivity index (χ1n) is 12.5. The second-order valence-corrected chi connectivity index (χ2v) is 12.3. The van der Waals surface area contributed by atoms with Crippen LogP contribution in [-0.2, 0) is 11.8 Å². The third-order valence-corrected chi connectivity index (χ3v) is 10.2. The molecule has 6 heteroatoms. The fourth-order valence-electron chi connectivity index (χ4n) is 7.99. The molecule has 5 fully saturated rings. The minimum absolute atomic E-state index is 0.0579. The lowest BCUT2D eigenvalue weighted by Crippen LogP contribution is -2.57. The number of aryl methyl sites for hydroxylation is 1. The van der Waals surface area contributed by atoms with Crippen molar-refractivity contribution in [2.24, 2.45) is 36.1 Å². The van der Waals surface area contributed by atoms with Gasteiger partial charge in [0.05, 0.1) is 16.1 Å². The second-order valence-electron chi connectivity index (χ2n) is 11.4. The van der Waals surface area contributed by atoms with Crippen molar-refractivity contribution >= 4 is 33.4 Å². The summed E-state index contributed by atoms with van der Waals surface area (Å²) < 4.78 is 3.14. The summed E-state index contributed by atoms with van der Waals surface area (Å²) in [5.74, 6) is 2.81. The quantitative estimate of drug-likeness (QED) is 0.722. The van der Waals surface area contributed by atoms with Crippen molar-refractivity contribution in [3.63, 3.8) is 0 Å². The highest BCUT2D eigenvalue weighted by Crippen LogP contribution is 2.61. The summed E-state index contributed by atoms with van der Waals surface area (Å²) in [6.07, 6.45) is 9.98. The van der Waals surface area contributed by atoms with E-state index in [2.05, 4.69) is 23.7 Å². The fourth-order valence-corrected chi connectivity index (χ4v) is 8.83. The van der Waals surface area contributed by atoms with E-state index >= 15 is 0 Å². The first-order chi connectivity index (χ1) is 15.4. The van der Waals surface area contributed by atoms with Crippen LogP contribution in [0.4, 0.5) is 0 Å². The maximum atomic E-state index is 13.3. The first kappa shape index (κ1) is 20.8. The van der Waals surface area contributed by atoms with Gasteiger partial charge < -0.3 is 14.8 Å². The summed E-state index contributed by atoms with van der Waals surface area (Å²) in [6.45, 7) is 3.54. The van der Waals surface area contributed by atoms with Crippen LogP contribution in [0.3, 0.4) is 0 Å². The van der Waals surface area contributed by atoms with Crippen LogP contribution in [0.2, 0.25) is 0 Å². The number of nitrogens with one attached hydrogen (secondary N) is 1. The number of rotatable bonds is 4. The molecule has 0 radical (unpaired) electrons. The van der Waals surface area contributed by atoms with Crippen molar-refractivity contribution in [1.82, 2.24) is 14.8 Å². The van der Waals surface area contributed by atoms with Gasteiger partial charge in [0.15, 0.2) is 0 Å². The molecule has 172 valence electrons. The number of hydrogen-bond donors (Lipinski definition) is 1. The van der Waals surface area contributed by atoms with E-state index in [1.54, 1.807) is 11.3 Å². The van der Waals surface area contributed by atoms with E-state index in [1.165, 1.54) is 38.5 Å². The third-order valence-electron chi connectivity index (χ3n) is 9.33. The van der Waals surface area contributed by atoms with Gasteiger partial charge in [-0.15, -0.1) is 11.3 Å². The largest absolute Gasteiger partial charge is 0.353 e. The molecule has 4 saturated carbocycles. The predicted octanol–water partition coefficient (Wildman–Crippen LogP) is 4.81. The van der Waals surface area contributed by atoms with Gasteiger partial charge in [0, 0.05) is 26.2 Å². The summed E-state index contributed by atoms with van der Waals surface area (Å²) in [6, 6.07) is 4.31. The monoisotopic (exact) mass is 453 g/mol. The normalized spacial score (nSPS) is 34.8. The Balaban J connectivity index is 1.13. The first-order valence-corrected chi connectivity index (χ1v) is 13.4. The molecule has 2 amide bonds. The number of carbonyl (C=O) groups excluding carboxylic acids is 2. The number of likely N-dealkylation sites (tertiary alicyclic amines) is 1. The highest BCUT2D eigenvalue weighted by atomic mass is 32.1. The number of aromatic nitrogens is 1. The Bertz CT molecular complexity index is 1020. The topological polar surface area (TPSA) is 54.3 Å². The average Bonchev–Trinajstić information content (AvgIpc) is 3.35. The number of amides is 2. The van der Waals surface area contributed by atoms with Crippen molar-refractivity contribution in [3.8, 4) is 0 Å². The van der Waals surface area contributed by atoms with E-state index in [1.807, 2.05) is 22.6 Å². The van der Waals surface area contributed by atoms with Crippen LogP contribution in [0, 0.1) is 29.1 Å². The zero-order chi connectivity index (χ0) is 22.0. The highest BCUT2D eigenvalue weighted by Gasteiger charge is 2.53. The van der Waals surface area contributed by atoms with Gasteiger partial charge in [0.25, 0.3) is 5.91 Å². The van der Waals surface area contributed by atoms with E-state index in [9.17, 15) is 9.59 Å². The average molecular weight is 454 g/mol. The Kier molecular flexibility index (Phi) is 4.94. The maximum absolute atomic E-state index is 13.3. The van der Waals surface area contributed by atoms with Gasteiger partial charge in [0.1, 0.15) is 5.69 Å². The Morgan fingerprint density at radius 3 is 2.50 bits per heavy atom. The Labute approximate surface area is 194 Å². The zero-order valence-electron chi connectivity index (χ0n) is 19.3. The van der Waals surface area contributed by atoms with Crippen LogP contribution < -0.4 is 5.32 Å². The van der Waals surface area contributed by atoms with Crippen molar-refractivity contribution in [2.45, 2.75) is 64.3 Å². The Morgan fingerprint density at radius 1 is 1.16 bits per heavy atom. The summed E-state index contributed by atoms with van der Waals surface area (Å²) in [4.78, 5) is 28.5. The number of thiophene rings is 1. The van der Waals surface area contributed by atoms with Gasteiger partial charge in [-0.3, -0.25) is 9.59 Å². The maximum Gasteiger partial charge on any atom is 0.270 e. The molecule has 0 spiro atoms. The fraction of sp³-hybridized carbons (Fsp3) is 0.692. The lowest BCUT2D eigenvalue weighted by molar-refractivity contribution is -0.131. The predicted molar refractivity (Wildman–Crippen MR) is 128 cm³/mol. The van der Waals surface area contributed by atoms with E-state index in [-0.39, 0.29) is 23.8 Å². The van der Waals surface area contributed by atoms with E-state index < -0.39 is 0 Å². The van der Waals surface area contributed by atoms with Crippen molar-refractivity contribution in [3.05, 3.63) is 23.2 Å². The minimum atomic E-state index is -0.0922. The molecule has 2 atom stereocenters. The van der Waals surface area contributed by atoms with Crippen LogP contribution in [-0.4, -0.2) is 40.4 Å². The zero-order valence-corrected chi connectivity index (χ0v) is 20.1. The van der Waals surface area contributed by atoms with Crippen LogP contribution in [0.1, 0.15) is 68.8 Å². The van der Waals surface area contributed by atoms with E-state index in [4.69, 9.17) is 0 Å². The van der Waals surface area contributed by atoms with Gasteiger partial charge in [0.2, 0.25) is 5.91 Å². The lowest BCUT2D eigenvalue weighted by atomic mass is 9.48. The van der Waals surface area contributed by atoms with Crippen LogP contribution in [0.5, 0.6) is 0 Å². The third kappa shape index (κ3) is 3.32. The standard InChI is InChI=1S/C26H35N3O2S/c1-16(26-12-17-8-18(13-26)10-19(9-17)14-26)27-24(30)20-4-3-6-29(15-20)25(31)22-11-23-21(28(22)2)5-7-32-23/h5,7,11,16-20H,3-4,6,8-10,12-15H2,1-2H3,(H,27,30)/t16-,17?,18?,19?,20+,26?/m0/s1. The molecule has 2 aromatic heterocycles. The number of carbonyl (C=O) groups is 2. The molecular formula is C26H35N3O2S. The number of piperidine rings is 1.